The normalized spacial score (nSPS) is 15.6. The van der Waals surface area contributed by atoms with Crippen molar-refractivity contribution in [3.63, 3.8) is 0 Å². The van der Waals surface area contributed by atoms with E-state index >= 15 is 0 Å². The van der Waals surface area contributed by atoms with Crippen LogP contribution >= 0.6 is 0 Å². The Bertz CT molecular complexity index is 377. The summed E-state index contributed by atoms with van der Waals surface area (Å²) >= 11 is 0. The van der Waals surface area contributed by atoms with Gasteiger partial charge in [0.05, 0.1) is 32.3 Å². The van der Waals surface area contributed by atoms with E-state index in [4.69, 9.17) is 4.74 Å². The molecule has 0 aliphatic heterocycles. The highest BCUT2D eigenvalue weighted by Crippen LogP contribution is 2.15. The van der Waals surface area contributed by atoms with Crippen molar-refractivity contribution >= 4 is 5.97 Å². The number of carbonyl (C=O) groups excluding carboxylic acids is 1. The Labute approximate surface area is 114 Å². The minimum atomic E-state index is -0.761. The lowest BCUT2D eigenvalue weighted by Gasteiger charge is -2.23. The number of methoxy groups -OCH3 is 1. The average Bonchev–Trinajstić information content (AvgIpc) is 2.45. The van der Waals surface area contributed by atoms with Gasteiger partial charge in [-0.15, -0.1) is 0 Å². The third-order valence-corrected chi connectivity index (χ3v) is 3.16. The molecule has 1 aromatic rings. The molecule has 0 saturated heterocycles. The third-order valence-electron chi connectivity index (χ3n) is 3.16. The lowest BCUT2D eigenvalue weighted by atomic mass is 9.94. The smallest absolute Gasteiger partial charge is 0.311 e. The summed E-state index contributed by atoms with van der Waals surface area (Å²) in [4.78, 5) is 11.3. The molecule has 3 atom stereocenters. The second-order valence-corrected chi connectivity index (χ2v) is 4.78. The van der Waals surface area contributed by atoms with E-state index in [2.05, 4.69) is 4.74 Å². The number of esters is 1. The SMILES string of the molecule is COC(=O)[C@H](C)[C@@H](O)[C@@H](C)COCc1ccccc1. The molecule has 0 amide bonds. The third kappa shape index (κ3) is 5.01. The number of benzene rings is 1. The molecule has 1 aromatic carbocycles. The van der Waals surface area contributed by atoms with Gasteiger partial charge in [0, 0.05) is 5.92 Å². The molecule has 1 N–H and O–H groups in total. The van der Waals surface area contributed by atoms with E-state index in [-0.39, 0.29) is 5.92 Å². The Hall–Kier alpha value is -1.39. The molecule has 19 heavy (non-hydrogen) atoms. The van der Waals surface area contributed by atoms with Crippen LogP contribution in [0, 0.1) is 11.8 Å². The van der Waals surface area contributed by atoms with Gasteiger partial charge in [-0.25, -0.2) is 0 Å². The summed E-state index contributed by atoms with van der Waals surface area (Å²) in [6.07, 6.45) is -0.761. The molecule has 0 unspecified atom stereocenters. The molecule has 0 aromatic heterocycles. The number of carbonyl (C=O) groups is 1. The van der Waals surface area contributed by atoms with Crippen molar-refractivity contribution in [1.29, 1.82) is 0 Å². The van der Waals surface area contributed by atoms with E-state index in [1.165, 1.54) is 7.11 Å². The number of rotatable bonds is 7. The highest BCUT2D eigenvalue weighted by molar-refractivity contribution is 5.72. The Morgan fingerprint density at radius 1 is 1.26 bits per heavy atom. The van der Waals surface area contributed by atoms with E-state index in [1.807, 2.05) is 37.3 Å². The van der Waals surface area contributed by atoms with Crippen molar-refractivity contribution in [3.8, 4) is 0 Å². The first-order valence-corrected chi connectivity index (χ1v) is 6.43. The number of hydrogen-bond donors (Lipinski definition) is 1. The number of hydrogen-bond acceptors (Lipinski definition) is 4. The van der Waals surface area contributed by atoms with Gasteiger partial charge in [-0.3, -0.25) is 4.79 Å². The zero-order valence-electron chi connectivity index (χ0n) is 11.7. The topological polar surface area (TPSA) is 55.8 Å². The number of ether oxygens (including phenoxy) is 2. The van der Waals surface area contributed by atoms with Gasteiger partial charge in [0.2, 0.25) is 0 Å². The minimum Gasteiger partial charge on any atom is -0.469 e. The number of aliphatic hydroxyl groups is 1. The highest BCUT2D eigenvalue weighted by atomic mass is 16.5. The largest absolute Gasteiger partial charge is 0.469 e. The van der Waals surface area contributed by atoms with Crippen LogP contribution in [0.5, 0.6) is 0 Å². The van der Waals surface area contributed by atoms with E-state index in [0.29, 0.717) is 13.2 Å². The lowest BCUT2D eigenvalue weighted by Crippen LogP contribution is -2.34. The summed E-state index contributed by atoms with van der Waals surface area (Å²) in [5.74, 6) is -1.07. The summed E-state index contributed by atoms with van der Waals surface area (Å²) < 4.78 is 10.2. The summed E-state index contributed by atoms with van der Waals surface area (Å²) in [5.41, 5.74) is 1.09. The van der Waals surface area contributed by atoms with Gasteiger partial charge in [-0.05, 0) is 12.5 Å². The molecule has 106 valence electrons. The van der Waals surface area contributed by atoms with Gasteiger partial charge in [0.25, 0.3) is 0 Å². The van der Waals surface area contributed by atoms with Gasteiger partial charge < -0.3 is 14.6 Å². The van der Waals surface area contributed by atoms with Crippen molar-refractivity contribution in [2.45, 2.75) is 26.6 Å². The van der Waals surface area contributed by atoms with Crippen molar-refractivity contribution in [2.75, 3.05) is 13.7 Å². The Morgan fingerprint density at radius 2 is 1.89 bits per heavy atom. The van der Waals surface area contributed by atoms with Crippen LogP contribution in [0.4, 0.5) is 0 Å². The molecule has 0 fully saturated rings. The van der Waals surface area contributed by atoms with Crippen LogP contribution in [0.15, 0.2) is 30.3 Å². The van der Waals surface area contributed by atoms with Crippen molar-refractivity contribution in [2.24, 2.45) is 11.8 Å². The molecule has 0 spiro atoms. The standard InChI is InChI=1S/C15H22O4/c1-11(14(16)12(2)15(17)18-3)9-19-10-13-7-5-4-6-8-13/h4-8,11-12,14,16H,9-10H2,1-3H3/t11-,12+,14-/m0/s1. The van der Waals surface area contributed by atoms with Crippen LogP contribution in [0.1, 0.15) is 19.4 Å². The summed E-state index contributed by atoms with van der Waals surface area (Å²) in [5, 5.41) is 10.0. The van der Waals surface area contributed by atoms with E-state index in [0.717, 1.165) is 5.56 Å². The molecular weight excluding hydrogens is 244 g/mol. The highest BCUT2D eigenvalue weighted by Gasteiger charge is 2.27. The second kappa shape index (κ2) is 7.92. The van der Waals surface area contributed by atoms with Crippen LogP contribution in [0.3, 0.4) is 0 Å². The molecular formula is C15H22O4. The molecule has 0 bridgehead atoms. The molecule has 1 rings (SSSR count). The second-order valence-electron chi connectivity index (χ2n) is 4.78. The first kappa shape index (κ1) is 15.7. The average molecular weight is 266 g/mol. The van der Waals surface area contributed by atoms with E-state index in [1.54, 1.807) is 6.92 Å². The van der Waals surface area contributed by atoms with Gasteiger partial charge in [0.15, 0.2) is 0 Å². The van der Waals surface area contributed by atoms with Crippen LogP contribution in [-0.2, 0) is 20.9 Å². The Kier molecular flexibility index (Phi) is 6.53. The molecule has 4 heteroatoms. The molecule has 4 nitrogen and oxygen atoms in total. The van der Waals surface area contributed by atoms with Gasteiger partial charge in [0.1, 0.15) is 0 Å². The molecule has 0 aliphatic rings. The maximum absolute atomic E-state index is 11.3. The quantitative estimate of drug-likeness (QED) is 0.767. The maximum atomic E-state index is 11.3. The van der Waals surface area contributed by atoms with E-state index < -0.39 is 18.0 Å². The maximum Gasteiger partial charge on any atom is 0.311 e. The minimum absolute atomic E-state index is 0.127. The van der Waals surface area contributed by atoms with Crippen LogP contribution < -0.4 is 0 Å². The van der Waals surface area contributed by atoms with Gasteiger partial charge in [-0.2, -0.15) is 0 Å². The Morgan fingerprint density at radius 3 is 2.47 bits per heavy atom. The van der Waals surface area contributed by atoms with Crippen LogP contribution in [-0.4, -0.2) is 30.9 Å². The summed E-state index contributed by atoms with van der Waals surface area (Å²) in [6, 6.07) is 9.83. The fourth-order valence-corrected chi connectivity index (χ4v) is 1.85. The fraction of sp³-hybridized carbons (Fsp3) is 0.533. The monoisotopic (exact) mass is 266 g/mol. The molecule has 0 aliphatic carbocycles. The predicted octanol–water partition coefficient (Wildman–Crippen LogP) is 2.01. The first-order valence-electron chi connectivity index (χ1n) is 6.43. The number of aliphatic hydroxyl groups excluding tert-OH is 1. The predicted molar refractivity (Wildman–Crippen MR) is 72.4 cm³/mol. The molecule has 0 heterocycles. The molecule has 0 radical (unpaired) electrons. The van der Waals surface area contributed by atoms with Crippen molar-refractivity contribution < 1.29 is 19.4 Å². The lowest BCUT2D eigenvalue weighted by molar-refractivity contribution is -0.150. The van der Waals surface area contributed by atoms with Crippen LogP contribution in [0.25, 0.3) is 0 Å². The zero-order chi connectivity index (χ0) is 14.3. The van der Waals surface area contributed by atoms with Crippen molar-refractivity contribution in [1.82, 2.24) is 0 Å². The summed E-state index contributed by atoms with van der Waals surface area (Å²) in [7, 11) is 1.32. The fourth-order valence-electron chi connectivity index (χ4n) is 1.85. The Balaban J connectivity index is 2.34. The first-order chi connectivity index (χ1) is 9.06. The zero-order valence-corrected chi connectivity index (χ0v) is 11.7. The molecule has 0 saturated carbocycles. The van der Waals surface area contributed by atoms with Crippen molar-refractivity contribution in [3.05, 3.63) is 35.9 Å². The summed E-state index contributed by atoms with van der Waals surface area (Å²) in [6.45, 7) is 4.42. The van der Waals surface area contributed by atoms with Gasteiger partial charge in [-0.1, -0.05) is 37.3 Å². The van der Waals surface area contributed by atoms with Crippen LogP contribution in [0.2, 0.25) is 0 Å². The van der Waals surface area contributed by atoms with E-state index in [9.17, 15) is 9.90 Å². The van der Waals surface area contributed by atoms with Gasteiger partial charge >= 0.3 is 5.97 Å².